The standard InChI is InChI=1S/C25H28F3NO3.ClH/c26-25(27,28)22-15-18(12-13-24(29,16-30)17-31)10-11-23(22)32-14-4-8-20-7-3-6-19-5-1-2-9-21(19)20;/h1-3,5-7,9-11,15,30-31H,4,8,12-14,16-17,29H2;1H. The molecule has 0 aliphatic heterocycles. The van der Waals surface area contributed by atoms with Crippen molar-refractivity contribution in [2.75, 3.05) is 19.8 Å². The number of aliphatic hydroxyl groups excluding tert-OH is 2. The number of aliphatic hydroxyl groups is 2. The molecule has 0 bridgehead atoms. The van der Waals surface area contributed by atoms with Crippen LogP contribution < -0.4 is 10.5 Å². The van der Waals surface area contributed by atoms with Crippen molar-refractivity contribution in [1.29, 1.82) is 0 Å². The van der Waals surface area contributed by atoms with Gasteiger partial charge in [0.1, 0.15) is 5.75 Å². The molecule has 33 heavy (non-hydrogen) atoms. The first-order valence-corrected chi connectivity index (χ1v) is 10.6. The first-order valence-electron chi connectivity index (χ1n) is 10.6. The normalized spacial score (nSPS) is 11.9. The molecular weight excluding hydrogens is 455 g/mol. The van der Waals surface area contributed by atoms with Gasteiger partial charge < -0.3 is 20.7 Å². The van der Waals surface area contributed by atoms with Crippen LogP contribution in [0, 0.1) is 0 Å². The zero-order chi connectivity index (χ0) is 23.2. The molecule has 0 aliphatic rings. The van der Waals surface area contributed by atoms with Gasteiger partial charge in [-0.2, -0.15) is 13.2 Å². The van der Waals surface area contributed by atoms with Gasteiger partial charge in [-0.3, -0.25) is 0 Å². The van der Waals surface area contributed by atoms with Crippen LogP contribution in [-0.2, 0) is 19.0 Å². The number of alkyl halides is 3. The molecule has 0 atom stereocenters. The molecule has 0 aromatic heterocycles. The van der Waals surface area contributed by atoms with Gasteiger partial charge in [-0.1, -0.05) is 48.5 Å². The van der Waals surface area contributed by atoms with E-state index >= 15 is 0 Å². The average molecular weight is 484 g/mol. The van der Waals surface area contributed by atoms with Gasteiger partial charge in [-0.05, 0) is 59.7 Å². The van der Waals surface area contributed by atoms with E-state index in [4.69, 9.17) is 10.5 Å². The molecule has 0 spiro atoms. The van der Waals surface area contributed by atoms with E-state index < -0.39 is 30.5 Å². The third kappa shape index (κ3) is 7.08. The molecule has 0 radical (unpaired) electrons. The molecule has 0 heterocycles. The molecular formula is C25H29ClF3NO3. The van der Waals surface area contributed by atoms with Crippen LogP contribution in [0.1, 0.15) is 29.5 Å². The second-order valence-electron chi connectivity index (χ2n) is 8.10. The molecule has 0 saturated heterocycles. The molecule has 3 aromatic rings. The first kappa shape index (κ1) is 26.9. The molecule has 0 amide bonds. The van der Waals surface area contributed by atoms with Gasteiger partial charge in [0.15, 0.2) is 0 Å². The highest BCUT2D eigenvalue weighted by molar-refractivity contribution is 5.86. The molecule has 4 nitrogen and oxygen atoms in total. The topological polar surface area (TPSA) is 75.7 Å². The maximum absolute atomic E-state index is 13.6. The van der Waals surface area contributed by atoms with Gasteiger partial charge in [0.2, 0.25) is 0 Å². The van der Waals surface area contributed by atoms with Crippen LogP contribution in [0.15, 0.2) is 60.7 Å². The highest BCUT2D eigenvalue weighted by Gasteiger charge is 2.35. The highest BCUT2D eigenvalue weighted by Crippen LogP contribution is 2.37. The first-order chi connectivity index (χ1) is 15.3. The van der Waals surface area contributed by atoms with Crippen molar-refractivity contribution in [2.45, 2.75) is 37.4 Å². The lowest BCUT2D eigenvalue weighted by molar-refractivity contribution is -0.139. The summed E-state index contributed by atoms with van der Waals surface area (Å²) < 4.78 is 46.3. The molecule has 0 saturated carbocycles. The summed E-state index contributed by atoms with van der Waals surface area (Å²) in [4.78, 5) is 0. The molecule has 0 aliphatic carbocycles. The van der Waals surface area contributed by atoms with Crippen LogP contribution in [0.2, 0.25) is 0 Å². The Kier molecular flexibility index (Phi) is 9.55. The Hall–Kier alpha value is -2.32. The second-order valence-corrected chi connectivity index (χ2v) is 8.10. The fourth-order valence-electron chi connectivity index (χ4n) is 3.64. The quantitative estimate of drug-likeness (QED) is 0.358. The maximum atomic E-state index is 13.6. The number of halogens is 4. The number of benzene rings is 3. The summed E-state index contributed by atoms with van der Waals surface area (Å²) in [6.45, 7) is -0.742. The highest BCUT2D eigenvalue weighted by atomic mass is 35.5. The van der Waals surface area contributed by atoms with Crippen molar-refractivity contribution in [3.8, 4) is 5.75 Å². The van der Waals surface area contributed by atoms with Crippen LogP contribution in [0.25, 0.3) is 10.8 Å². The zero-order valence-corrected chi connectivity index (χ0v) is 19.0. The van der Waals surface area contributed by atoms with Crippen molar-refractivity contribution in [1.82, 2.24) is 0 Å². The maximum Gasteiger partial charge on any atom is 0.419 e. The van der Waals surface area contributed by atoms with Crippen LogP contribution in [0.5, 0.6) is 5.75 Å². The molecule has 180 valence electrons. The van der Waals surface area contributed by atoms with E-state index in [-0.39, 0.29) is 37.6 Å². The molecule has 8 heteroatoms. The Labute approximate surface area is 197 Å². The molecule has 0 fully saturated rings. The Bertz CT molecular complexity index is 1030. The van der Waals surface area contributed by atoms with Crippen LogP contribution in [-0.4, -0.2) is 35.6 Å². The summed E-state index contributed by atoms with van der Waals surface area (Å²) in [7, 11) is 0. The SMILES string of the molecule is Cl.NC(CO)(CO)CCc1ccc(OCCCc2cccc3ccccc23)c(C(F)(F)F)c1. The monoisotopic (exact) mass is 483 g/mol. The third-order valence-corrected chi connectivity index (χ3v) is 5.62. The van der Waals surface area contributed by atoms with Gasteiger partial charge in [-0.25, -0.2) is 0 Å². The van der Waals surface area contributed by atoms with E-state index in [9.17, 15) is 23.4 Å². The van der Waals surface area contributed by atoms with E-state index in [1.807, 2.05) is 42.5 Å². The van der Waals surface area contributed by atoms with E-state index in [1.165, 1.54) is 6.07 Å². The minimum Gasteiger partial charge on any atom is -0.493 e. The summed E-state index contributed by atoms with van der Waals surface area (Å²) in [5.41, 5.74) is 5.30. The van der Waals surface area contributed by atoms with Gasteiger partial charge in [0, 0.05) is 0 Å². The number of ether oxygens (including phenoxy) is 1. The lowest BCUT2D eigenvalue weighted by Crippen LogP contribution is -2.47. The average Bonchev–Trinajstić information content (AvgIpc) is 2.80. The molecule has 4 N–H and O–H groups in total. The molecule has 3 aromatic carbocycles. The van der Waals surface area contributed by atoms with Gasteiger partial charge in [0.25, 0.3) is 0 Å². The Morgan fingerprint density at radius 2 is 1.58 bits per heavy atom. The van der Waals surface area contributed by atoms with Crippen molar-refractivity contribution in [3.63, 3.8) is 0 Å². The van der Waals surface area contributed by atoms with Gasteiger partial charge >= 0.3 is 6.18 Å². The molecule has 3 rings (SSSR count). The van der Waals surface area contributed by atoms with Crippen molar-refractivity contribution in [2.24, 2.45) is 5.73 Å². The number of rotatable bonds is 10. The van der Waals surface area contributed by atoms with Gasteiger partial charge in [0.05, 0.1) is 30.9 Å². The Morgan fingerprint density at radius 3 is 2.27 bits per heavy atom. The zero-order valence-electron chi connectivity index (χ0n) is 18.1. The fourth-order valence-corrected chi connectivity index (χ4v) is 3.64. The second kappa shape index (κ2) is 11.7. The largest absolute Gasteiger partial charge is 0.493 e. The summed E-state index contributed by atoms with van der Waals surface area (Å²) >= 11 is 0. The number of nitrogens with two attached hydrogens (primary N) is 1. The predicted octanol–water partition coefficient (Wildman–Crippen LogP) is 4.91. The summed E-state index contributed by atoms with van der Waals surface area (Å²) in [6.07, 6.45) is -2.93. The van der Waals surface area contributed by atoms with Gasteiger partial charge in [-0.15, -0.1) is 12.4 Å². The minimum absolute atomic E-state index is 0. The van der Waals surface area contributed by atoms with Crippen LogP contribution in [0.4, 0.5) is 13.2 Å². The summed E-state index contributed by atoms with van der Waals surface area (Å²) in [6, 6.07) is 18.0. The van der Waals surface area contributed by atoms with Crippen molar-refractivity contribution < 1.29 is 28.1 Å². The smallest absolute Gasteiger partial charge is 0.419 e. The fraction of sp³-hybridized carbons (Fsp3) is 0.360. The lowest BCUT2D eigenvalue weighted by Gasteiger charge is -2.24. The summed E-state index contributed by atoms with van der Waals surface area (Å²) in [5.74, 6) is -0.206. The Morgan fingerprint density at radius 1 is 0.879 bits per heavy atom. The van der Waals surface area contributed by atoms with E-state index in [2.05, 4.69) is 0 Å². The third-order valence-electron chi connectivity index (χ3n) is 5.62. The number of fused-ring (bicyclic) bond motifs is 1. The van der Waals surface area contributed by atoms with E-state index in [0.29, 0.717) is 18.4 Å². The Balaban J connectivity index is 0.00000385. The number of hydrogen-bond donors (Lipinski definition) is 3. The summed E-state index contributed by atoms with van der Waals surface area (Å²) in [5, 5.41) is 20.8. The molecule has 0 unspecified atom stereocenters. The van der Waals surface area contributed by atoms with E-state index in [0.717, 1.165) is 22.4 Å². The predicted molar refractivity (Wildman–Crippen MR) is 126 cm³/mol. The number of hydrogen-bond acceptors (Lipinski definition) is 4. The van der Waals surface area contributed by atoms with Crippen molar-refractivity contribution in [3.05, 3.63) is 77.4 Å². The van der Waals surface area contributed by atoms with Crippen LogP contribution >= 0.6 is 12.4 Å². The van der Waals surface area contributed by atoms with Crippen molar-refractivity contribution >= 4 is 23.2 Å². The minimum atomic E-state index is -4.56. The van der Waals surface area contributed by atoms with E-state index in [1.54, 1.807) is 6.07 Å². The number of aryl methyl sites for hydroxylation is 2. The van der Waals surface area contributed by atoms with Crippen LogP contribution in [0.3, 0.4) is 0 Å². The lowest BCUT2D eigenvalue weighted by atomic mass is 9.93.